The van der Waals surface area contributed by atoms with E-state index in [1.54, 1.807) is 6.20 Å². The van der Waals surface area contributed by atoms with Gasteiger partial charge in [-0.05, 0) is 48.7 Å². The van der Waals surface area contributed by atoms with Crippen molar-refractivity contribution in [1.29, 1.82) is 0 Å². The second kappa shape index (κ2) is 6.79. The van der Waals surface area contributed by atoms with Gasteiger partial charge in [-0.2, -0.15) is 0 Å². The molecule has 0 atom stereocenters. The van der Waals surface area contributed by atoms with Crippen LogP contribution in [0.25, 0.3) is 10.9 Å². The van der Waals surface area contributed by atoms with Crippen molar-refractivity contribution in [2.45, 2.75) is 38.8 Å². The molecule has 5 nitrogen and oxygen atoms in total. The van der Waals surface area contributed by atoms with Gasteiger partial charge in [-0.25, -0.2) is 4.98 Å². The van der Waals surface area contributed by atoms with Gasteiger partial charge in [-0.1, -0.05) is 11.6 Å². The van der Waals surface area contributed by atoms with Crippen molar-refractivity contribution >= 4 is 44.3 Å². The Morgan fingerprint density at radius 2 is 2.17 bits per heavy atom. The number of rotatable bonds is 3. The number of hydrogen-bond acceptors (Lipinski definition) is 3. The van der Waals surface area contributed by atoms with E-state index in [0.29, 0.717) is 23.9 Å². The fraction of sp³-hybridized carbons (Fsp3) is 0.500. The molecule has 1 fully saturated rings. The molecule has 3 rings (SSSR count). The molecule has 23 heavy (non-hydrogen) atoms. The molecule has 124 valence electrons. The zero-order chi connectivity index (χ0) is 16.6. The lowest BCUT2D eigenvalue weighted by Gasteiger charge is -2.23. The van der Waals surface area contributed by atoms with E-state index < -0.39 is 0 Å². The standard InChI is InChI=1S/C16H19BrClN3O2/c1-9(2)21-12-7-13(17)19-8-11(12)14(15(21)18)16(22)20-10-3-5-23-6-4-10/h7-10H,3-6H2,1-2H3,(H,20,22). The van der Waals surface area contributed by atoms with Gasteiger partial charge in [-0.3, -0.25) is 4.79 Å². The molecule has 0 saturated carbocycles. The summed E-state index contributed by atoms with van der Waals surface area (Å²) >= 11 is 9.93. The van der Waals surface area contributed by atoms with Gasteiger partial charge in [-0.15, -0.1) is 0 Å². The van der Waals surface area contributed by atoms with E-state index in [9.17, 15) is 4.79 Å². The molecule has 1 N–H and O–H groups in total. The molecule has 1 saturated heterocycles. The first-order valence-electron chi connectivity index (χ1n) is 7.72. The van der Waals surface area contributed by atoms with Crippen molar-refractivity contribution < 1.29 is 9.53 Å². The number of fused-ring (bicyclic) bond motifs is 1. The molecule has 0 aliphatic carbocycles. The summed E-state index contributed by atoms with van der Waals surface area (Å²) in [5.74, 6) is -0.143. The predicted octanol–water partition coefficient (Wildman–Crippen LogP) is 3.94. The second-order valence-corrected chi connectivity index (χ2v) is 7.18. The molecule has 3 heterocycles. The van der Waals surface area contributed by atoms with Gasteiger partial charge in [0.1, 0.15) is 9.76 Å². The van der Waals surface area contributed by atoms with Crippen molar-refractivity contribution in [3.8, 4) is 0 Å². The van der Waals surface area contributed by atoms with Crippen LogP contribution in [0.2, 0.25) is 5.15 Å². The lowest BCUT2D eigenvalue weighted by Crippen LogP contribution is -2.39. The number of ether oxygens (including phenoxy) is 1. The largest absolute Gasteiger partial charge is 0.381 e. The summed E-state index contributed by atoms with van der Waals surface area (Å²) in [4.78, 5) is 17.0. The number of nitrogens with one attached hydrogen (secondary N) is 1. The summed E-state index contributed by atoms with van der Waals surface area (Å²) in [6.45, 7) is 5.45. The summed E-state index contributed by atoms with van der Waals surface area (Å²) in [6, 6.07) is 2.17. The highest BCUT2D eigenvalue weighted by molar-refractivity contribution is 9.10. The molecular weight excluding hydrogens is 382 g/mol. The highest BCUT2D eigenvalue weighted by atomic mass is 79.9. The highest BCUT2D eigenvalue weighted by Crippen LogP contribution is 2.33. The molecule has 0 unspecified atom stereocenters. The maximum absolute atomic E-state index is 12.8. The Morgan fingerprint density at radius 1 is 1.48 bits per heavy atom. The first-order valence-corrected chi connectivity index (χ1v) is 8.89. The topological polar surface area (TPSA) is 56.2 Å². The van der Waals surface area contributed by atoms with Crippen LogP contribution >= 0.6 is 27.5 Å². The van der Waals surface area contributed by atoms with Crippen LogP contribution in [0.15, 0.2) is 16.9 Å². The fourth-order valence-electron chi connectivity index (χ4n) is 2.97. The maximum Gasteiger partial charge on any atom is 0.255 e. The van der Waals surface area contributed by atoms with Crippen molar-refractivity contribution in [1.82, 2.24) is 14.9 Å². The van der Waals surface area contributed by atoms with Crippen LogP contribution in [-0.2, 0) is 4.74 Å². The van der Waals surface area contributed by atoms with E-state index in [4.69, 9.17) is 16.3 Å². The monoisotopic (exact) mass is 399 g/mol. The van der Waals surface area contributed by atoms with Gasteiger partial charge in [0.25, 0.3) is 5.91 Å². The number of pyridine rings is 1. The number of amides is 1. The number of carbonyl (C=O) groups is 1. The van der Waals surface area contributed by atoms with E-state index in [1.165, 1.54) is 0 Å². The summed E-state index contributed by atoms with van der Waals surface area (Å²) < 4.78 is 8.01. The Morgan fingerprint density at radius 3 is 2.83 bits per heavy atom. The number of nitrogens with zero attached hydrogens (tertiary/aromatic N) is 2. The zero-order valence-corrected chi connectivity index (χ0v) is 15.4. The molecule has 0 spiro atoms. The summed E-state index contributed by atoms with van der Waals surface area (Å²) in [6.07, 6.45) is 3.36. The minimum absolute atomic E-state index is 0.133. The number of halogens is 2. The van der Waals surface area contributed by atoms with Gasteiger partial charge >= 0.3 is 0 Å². The van der Waals surface area contributed by atoms with Gasteiger partial charge < -0.3 is 14.6 Å². The summed E-state index contributed by atoms with van der Waals surface area (Å²) in [5.41, 5.74) is 1.41. The van der Waals surface area contributed by atoms with Crippen LogP contribution in [0.4, 0.5) is 0 Å². The van der Waals surface area contributed by atoms with Crippen LogP contribution in [0, 0.1) is 0 Å². The molecule has 0 aromatic carbocycles. The number of hydrogen-bond donors (Lipinski definition) is 1. The van der Waals surface area contributed by atoms with Crippen molar-refractivity contribution in [3.05, 3.63) is 27.6 Å². The molecule has 1 amide bonds. The summed E-state index contributed by atoms with van der Waals surface area (Å²) in [7, 11) is 0. The molecule has 0 radical (unpaired) electrons. The molecular formula is C16H19BrClN3O2. The van der Waals surface area contributed by atoms with E-state index in [-0.39, 0.29) is 18.0 Å². The van der Waals surface area contributed by atoms with E-state index >= 15 is 0 Å². The van der Waals surface area contributed by atoms with Gasteiger partial charge in [0.2, 0.25) is 0 Å². The van der Waals surface area contributed by atoms with Crippen molar-refractivity contribution in [2.24, 2.45) is 0 Å². The average Bonchev–Trinajstić information content (AvgIpc) is 2.79. The molecule has 1 aliphatic heterocycles. The zero-order valence-electron chi connectivity index (χ0n) is 13.1. The van der Waals surface area contributed by atoms with Crippen molar-refractivity contribution in [3.63, 3.8) is 0 Å². The van der Waals surface area contributed by atoms with Crippen LogP contribution in [-0.4, -0.2) is 34.7 Å². The lowest BCUT2D eigenvalue weighted by atomic mass is 10.1. The van der Waals surface area contributed by atoms with E-state index in [2.05, 4.69) is 26.2 Å². The summed E-state index contributed by atoms with van der Waals surface area (Å²) in [5, 5.41) is 4.31. The minimum atomic E-state index is -0.143. The molecule has 7 heteroatoms. The SMILES string of the molecule is CC(C)n1c(Cl)c(C(=O)NC2CCOCC2)c2cnc(Br)cc21. The third kappa shape index (κ3) is 3.25. The Bertz CT molecular complexity index is 738. The van der Waals surface area contributed by atoms with Crippen LogP contribution < -0.4 is 5.32 Å². The third-order valence-electron chi connectivity index (χ3n) is 4.10. The lowest BCUT2D eigenvalue weighted by molar-refractivity contribution is 0.0697. The molecule has 1 aliphatic rings. The fourth-order valence-corrected chi connectivity index (χ4v) is 3.76. The van der Waals surface area contributed by atoms with Gasteiger partial charge in [0, 0.05) is 36.9 Å². The molecule has 2 aromatic rings. The van der Waals surface area contributed by atoms with Gasteiger partial charge in [0.15, 0.2) is 0 Å². The van der Waals surface area contributed by atoms with Gasteiger partial charge in [0.05, 0.1) is 11.1 Å². The van der Waals surface area contributed by atoms with Crippen LogP contribution in [0.1, 0.15) is 43.1 Å². The second-order valence-electron chi connectivity index (χ2n) is 6.01. The number of aromatic nitrogens is 2. The Hall–Kier alpha value is -1.11. The average molecular weight is 401 g/mol. The Balaban J connectivity index is 2.02. The molecule has 0 bridgehead atoms. The first-order chi connectivity index (χ1) is 11.0. The van der Waals surface area contributed by atoms with Crippen LogP contribution in [0.3, 0.4) is 0 Å². The van der Waals surface area contributed by atoms with E-state index in [0.717, 1.165) is 28.3 Å². The first kappa shape index (κ1) is 16.7. The Labute approximate surface area is 148 Å². The predicted molar refractivity (Wildman–Crippen MR) is 94.1 cm³/mol. The maximum atomic E-state index is 12.8. The van der Waals surface area contributed by atoms with Crippen LogP contribution in [0.5, 0.6) is 0 Å². The quantitative estimate of drug-likeness (QED) is 0.794. The smallest absolute Gasteiger partial charge is 0.255 e. The normalized spacial score (nSPS) is 16.2. The molecule has 2 aromatic heterocycles. The Kier molecular flexibility index (Phi) is 4.94. The third-order valence-corrected chi connectivity index (χ3v) is 4.90. The minimum Gasteiger partial charge on any atom is -0.381 e. The number of carbonyl (C=O) groups excluding carboxylic acids is 1. The highest BCUT2D eigenvalue weighted by Gasteiger charge is 2.25. The van der Waals surface area contributed by atoms with Crippen molar-refractivity contribution in [2.75, 3.05) is 13.2 Å². The van der Waals surface area contributed by atoms with E-state index in [1.807, 2.05) is 24.5 Å².